The molecular weight excluding hydrogens is 413 g/mol. The lowest BCUT2D eigenvalue weighted by Gasteiger charge is -2.27. The van der Waals surface area contributed by atoms with Gasteiger partial charge >= 0.3 is 12.1 Å². The van der Waals surface area contributed by atoms with Crippen LogP contribution in [0.3, 0.4) is 0 Å². The molecule has 2 N–H and O–H groups in total. The number of carboxylic acid groups (broad SMARTS) is 1. The topological polar surface area (TPSA) is 95.4 Å². The van der Waals surface area contributed by atoms with Crippen molar-refractivity contribution in [2.24, 2.45) is 5.41 Å². The van der Waals surface area contributed by atoms with Gasteiger partial charge < -0.3 is 15.3 Å². The summed E-state index contributed by atoms with van der Waals surface area (Å²) < 4.78 is 31.7. The number of carboxylic acids is 1. The summed E-state index contributed by atoms with van der Waals surface area (Å²) >= 11 is 0. The van der Waals surface area contributed by atoms with Gasteiger partial charge in [0.05, 0.1) is 5.41 Å². The summed E-state index contributed by atoms with van der Waals surface area (Å²) in [6.07, 6.45) is 0.493. The Morgan fingerprint density at radius 2 is 1.87 bits per heavy atom. The Labute approximate surface area is 177 Å². The van der Waals surface area contributed by atoms with E-state index in [0.717, 1.165) is 37.4 Å². The Bertz CT molecular complexity index is 922. The van der Waals surface area contributed by atoms with Crippen molar-refractivity contribution in [3.8, 4) is 0 Å². The summed E-state index contributed by atoms with van der Waals surface area (Å²) in [5.74, 6) is -1.68. The second kappa shape index (κ2) is 8.91. The minimum Gasteiger partial charge on any atom is -0.475 e. The van der Waals surface area contributed by atoms with Crippen LogP contribution in [0.5, 0.6) is 0 Å². The predicted molar refractivity (Wildman–Crippen MR) is 107 cm³/mol. The number of aryl methyl sites for hydroxylation is 1. The number of alkyl halides is 3. The fourth-order valence-corrected chi connectivity index (χ4v) is 4.04. The largest absolute Gasteiger partial charge is 0.490 e. The summed E-state index contributed by atoms with van der Waals surface area (Å²) in [6.45, 7) is 4.32. The van der Waals surface area contributed by atoms with Crippen LogP contribution in [0.15, 0.2) is 42.7 Å². The molecule has 0 saturated carbocycles. The van der Waals surface area contributed by atoms with E-state index in [-0.39, 0.29) is 17.2 Å². The molecule has 2 aromatic rings. The lowest BCUT2D eigenvalue weighted by Crippen LogP contribution is -2.37. The molecule has 0 aliphatic carbocycles. The Kier molecular flexibility index (Phi) is 6.47. The summed E-state index contributed by atoms with van der Waals surface area (Å²) in [5.41, 5.74) is 1.99. The average molecular weight is 436 g/mol. The maximum Gasteiger partial charge on any atom is 0.490 e. The van der Waals surface area contributed by atoms with Crippen LogP contribution < -0.4 is 10.2 Å². The van der Waals surface area contributed by atoms with Crippen molar-refractivity contribution >= 4 is 17.8 Å². The number of anilines is 1. The molecule has 1 spiro atoms. The second-order valence-electron chi connectivity index (χ2n) is 7.55. The van der Waals surface area contributed by atoms with Crippen molar-refractivity contribution in [2.45, 2.75) is 31.9 Å². The van der Waals surface area contributed by atoms with Gasteiger partial charge in [-0.3, -0.25) is 4.79 Å². The molecule has 1 aromatic carbocycles. The Hall–Kier alpha value is -3.17. The standard InChI is InChI=1S/C19H22N4O.C2HF3O2/c1-2-14-10-21-18(22-11-14)23-12-16(15-6-4-3-5-7-15)19(13-23)8-9-20-17(19)24;3-2(4,5)1(6)7/h3-7,10-11,16H,2,8-9,12-13H2,1H3,(H,20,24);(H,6,7)/t16-,19+;/m0./s1. The Morgan fingerprint density at radius 3 is 2.35 bits per heavy atom. The molecule has 2 aliphatic heterocycles. The van der Waals surface area contributed by atoms with Crippen molar-refractivity contribution in [3.05, 3.63) is 53.9 Å². The van der Waals surface area contributed by atoms with Gasteiger partial charge in [0.15, 0.2) is 0 Å². The molecule has 2 aliphatic rings. The van der Waals surface area contributed by atoms with E-state index in [1.807, 2.05) is 30.6 Å². The van der Waals surface area contributed by atoms with E-state index >= 15 is 0 Å². The second-order valence-corrected chi connectivity index (χ2v) is 7.55. The number of amides is 1. The number of nitrogens with zero attached hydrogens (tertiary/aromatic N) is 3. The van der Waals surface area contributed by atoms with E-state index in [2.05, 4.69) is 39.2 Å². The van der Waals surface area contributed by atoms with Crippen LogP contribution in [-0.2, 0) is 16.0 Å². The number of aliphatic carboxylic acids is 1. The number of hydrogen-bond donors (Lipinski definition) is 2. The third kappa shape index (κ3) is 4.78. The molecule has 0 bridgehead atoms. The first-order chi connectivity index (χ1) is 14.7. The molecular formula is C21H23F3N4O3. The van der Waals surface area contributed by atoms with E-state index < -0.39 is 12.1 Å². The Balaban J connectivity index is 0.000000339. The van der Waals surface area contributed by atoms with Crippen LogP contribution >= 0.6 is 0 Å². The van der Waals surface area contributed by atoms with Gasteiger partial charge in [-0.15, -0.1) is 0 Å². The van der Waals surface area contributed by atoms with Crippen LogP contribution in [0.25, 0.3) is 0 Å². The van der Waals surface area contributed by atoms with E-state index in [1.165, 1.54) is 5.56 Å². The van der Waals surface area contributed by atoms with Crippen LogP contribution in [0.4, 0.5) is 19.1 Å². The van der Waals surface area contributed by atoms with Crippen LogP contribution in [0, 0.1) is 5.41 Å². The summed E-state index contributed by atoms with van der Waals surface area (Å²) in [6, 6.07) is 10.4. The summed E-state index contributed by atoms with van der Waals surface area (Å²) in [7, 11) is 0. The van der Waals surface area contributed by atoms with Gasteiger partial charge in [0.1, 0.15) is 0 Å². The number of nitrogens with one attached hydrogen (secondary N) is 1. The minimum atomic E-state index is -5.08. The van der Waals surface area contributed by atoms with Gasteiger partial charge in [0.25, 0.3) is 0 Å². The lowest BCUT2D eigenvalue weighted by atomic mass is 9.73. The van der Waals surface area contributed by atoms with Crippen LogP contribution in [0.1, 0.15) is 30.4 Å². The van der Waals surface area contributed by atoms with Gasteiger partial charge in [-0.1, -0.05) is 37.3 Å². The first-order valence-electron chi connectivity index (χ1n) is 9.86. The normalized spacial score (nSPS) is 22.8. The van der Waals surface area contributed by atoms with E-state index in [1.54, 1.807) is 0 Å². The highest BCUT2D eigenvalue weighted by molar-refractivity contribution is 5.87. The highest BCUT2D eigenvalue weighted by Gasteiger charge is 2.55. The summed E-state index contributed by atoms with van der Waals surface area (Å²) in [4.78, 5) is 32.8. The molecule has 166 valence electrons. The van der Waals surface area contributed by atoms with Crippen LogP contribution in [-0.4, -0.2) is 52.8 Å². The molecule has 7 nitrogen and oxygen atoms in total. The smallest absolute Gasteiger partial charge is 0.475 e. The third-order valence-electron chi connectivity index (χ3n) is 5.68. The fourth-order valence-electron chi connectivity index (χ4n) is 4.04. The van der Waals surface area contributed by atoms with Crippen molar-refractivity contribution in [1.82, 2.24) is 15.3 Å². The maximum absolute atomic E-state index is 12.7. The number of rotatable bonds is 3. The molecule has 2 atom stereocenters. The molecule has 10 heteroatoms. The quantitative estimate of drug-likeness (QED) is 0.768. The van der Waals surface area contributed by atoms with Crippen molar-refractivity contribution < 1.29 is 27.9 Å². The number of carbonyl (C=O) groups is 2. The molecule has 3 heterocycles. The van der Waals surface area contributed by atoms with Crippen molar-refractivity contribution in [1.29, 1.82) is 0 Å². The van der Waals surface area contributed by atoms with E-state index in [4.69, 9.17) is 9.90 Å². The molecule has 1 amide bonds. The van der Waals surface area contributed by atoms with Crippen LogP contribution in [0.2, 0.25) is 0 Å². The van der Waals surface area contributed by atoms with Gasteiger partial charge in [0, 0.05) is 37.9 Å². The van der Waals surface area contributed by atoms with Gasteiger partial charge in [-0.2, -0.15) is 13.2 Å². The van der Waals surface area contributed by atoms with E-state index in [9.17, 15) is 18.0 Å². The third-order valence-corrected chi connectivity index (χ3v) is 5.68. The van der Waals surface area contributed by atoms with Gasteiger partial charge in [0.2, 0.25) is 11.9 Å². The molecule has 0 unspecified atom stereocenters. The molecule has 2 saturated heterocycles. The molecule has 1 aromatic heterocycles. The zero-order chi connectivity index (χ0) is 22.6. The fraction of sp³-hybridized carbons (Fsp3) is 0.429. The Morgan fingerprint density at radius 1 is 1.26 bits per heavy atom. The first kappa shape index (κ1) is 22.5. The SMILES string of the molecule is CCc1cnc(N2C[C@@H](c3ccccc3)[C@@]3(CCNC3=O)C2)nc1.O=C(O)C(F)(F)F. The molecule has 2 fully saturated rings. The highest BCUT2D eigenvalue weighted by atomic mass is 19.4. The van der Waals surface area contributed by atoms with Gasteiger partial charge in [-0.25, -0.2) is 14.8 Å². The lowest BCUT2D eigenvalue weighted by molar-refractivity contribution is -0.192. The number of carbonyl (C=O) groups excluding carboxylic acids is 1. The number of benzene rings is 1. The molecule has 0 radical (unpaired) electrons. The highest BCUT2D eigenvalue weighted by Crippen LogP contribution is 2.48. The average Bonchev–Trinajstić information content (AvgIpc) is 3.32. The number of hydrogen-bond acceptors (Lipinski definition) is 5. The number of aromatic nitrogens is 2. The van der Waals surface area contributed by atoms with Crippen molar-refractivity contribution in [3.63, 3.8) is 0 Å². The predicted octanol–water partition coefficient (Wildman–Crippen LogP) is 2.78. The van der Waals surface area contributed by atoms with E-state index in [0.29, 0.717) is 6.54 Å². The zero-order valence-electron chi connectivity index (χ0n) is 16.9. The summed E-state index contributed by atoms with van der Waals surface area (Å²) in [5, 5.41) is 10.2. The first-order valence-corrected chi connectivity index (χ1v) is 9.86. The zero-order valence-corrected chi connectivity index (χ0v) is 16.9. The number of halogens is 3. The minimum absolute atomic E-state index is 0.170. The van der Waals surface area contributed by atoms with Gasteiger partial charge in [-0.05, 0) is 24.0 Å². The maximum atomic E-state index is 12.7. The molecule has 4 rings (SSSR count). The monoisotopic (exact) mass is 436 g/mol. The van der Waals surface area contributed by atoms with Crippen molar-refractivity contribution in [2.75, 3.05) is 24.5 Å². The molecule has 31 heavy (non-hydrogen) atoms.